The molecule has 0 aliphatic carbocycles. The molecule has 1 fully saturated rings. The van der Waals surface area contributed by atoms with Crippen LogP contribution in [0.2, 0.25) is 10.0 Å². The Hall–Kier alpha value is -1.59. The van der Waals surface area contributed by atoms with Gasteiger partial charge in [0.2, 0.25) is 5.91 Å². The molecule has 2 aromatic rings. The van der Waals surface area contributed by atoms with Crippen molar-refractivity contribution in [3.05, 3.63) is 69.7 Å². The highest BCUT2D eigenvalue weighted by molar-refractivity contribution is 6.42. The van der Waals surface area contributed by atoms with Gasteiger partial charge in [-0.2, -0.15) is 0 Å². The van der Waals surface area contributed by atoms with Gasteiger partial charge in [0.05, 0.1) is 29.2 Å². The average Bonchev–Trinajstić information content (AvgIpc) is 2.66. The largest absolute Gasteiger partial charge is 0.373 e. The third kappa shape index (κ3) is 5.94. The van der Waals surface area contributed by atoms with Crippen molar-refractivity contribution in [3.63, 3.8) is 0 Å². The van der Waals surface area contributed by atoms with Crippen molar-refractivity contribution in [2.75, 3.05) is 19.7 Å². The molecular formula is C21H24Cl2N2O2. The molecule has 0 aromatic heterocycles. The first-order chi connectivity index (χ1) is 13.0. The zero-order chi connectivity index (χ0) is 19.2. The number of nitrogens with zero attached hydrogens (tertiary/aromatic N) is 1. The number of halogens is 2. The number of amides is 1. The second kappa shape index (κ2) is 9.56. The van der Waals surface area contributed by atoms with Crippen LogP contribution in [0.4, 0.5) is 0 Å². The van der Waals surface area contributed by atoms with E-state index in [1.54, 1.807) is 0 Å². The fraction of sp³-hybridized carbons (Fsp3) is 0.381. The molecular weight excluding hydrogens is 383 g/mol. The van der Waals surface area contributed by atoms with E-state index >= 15 is 0 Å². The minimum atomic E-state index is -0.0244. The van der Waals surface area contributed by atoms with E-state index in [0.29, 0.717) is 35.7 Å². The summed E-state index contributed by atoms with van der Waals surface area (Å²) in [5.74, 6) is 0.0134. The summed E-state index contributed by atoms with van der Waals surface area (Å²) in [5, 5.41) is 4.12. The Balaban J connectivity index is 1.50. The number of hydrogen-bond donors (Lipinski definition) is 1. The summed E-state index contributed by atoms with van der Waals surface area (Å²) in [6.07, 6.45) is 0.362. The minimum Gasteiger partial charge on any atom is -0.373 e. The van der Waals surface area contributed by atoms with Crippen LogP contribution in [0.1, 0.15) is 18.1 Å². The van der Waals surface area contributed by atoms with E-state index in [4.69, 9.17) is 27.9 Å². The molecule has 0 bridgehead atoms. The third-order valence-electron chi connectivity index (χ3n) is 4.74. The quantitative estimate of drug-likeness (QED) is 0.789. The normalized spacial score (nSPS) is 20.4. The number of morpholine rings is 1. The zero-order valence-electron chi connectivity index (χ0n) is 15.3. The number of hydrogen-bond acceptors (Lipinski definition) is 3. The summed E-state index contributed by atoms with van der Waals surface area (Å²) in [6.45, 7) is 4.82. The highest BCUT2D eigenvalue weighted by atomic mass is 35.5. The second-order valence-electron chi connectivity index (χ2n) is 6.95. The van der Waals surface area contributed by atoms with Crippen molar-refractivity contribution < 1.29 is 9.53 Å². The van der Waals surface area contributed by atoms with E-state index in [9.17, 15) is 4.79 Å². The molecule has 1 aliphatic rings. The second-order valence-corrected chi connectivity index (χ2v) is 7.76. The first-order valence-corrected chi connectivity index (χ1v) is 9.87. The van der Waals surface area contributed by atoms with Crippen LogP contribution in [0.15, 0.2) is 48.5 Å². The van der Waals surface area contributed by atoms with Gasteiger partial charge < -0.3 is 10.1 Å². The van der Waals surface area contributed by atoms with Gasteiger partial charge in [-0.3, -0.25) is 9.69 Å². The molecule has 3 rings (SSSR count). The van der Waals surface area contributed by atoms with Gasteiger partial charge in [0, 0.05) is 25.7 Å². The smallest absolute Gasteiger partial charge is 0.224 e. The molecule has 1 N–H and O–H groups in total. The monoisotopic (exact) mass is 406 g/mol. The summed E-state index contributed by atoms with van der Waals surface area (Å²) in [7, 11) is 0. The third-order valence-corrected chi connectivity index (χ3v) is 5.48. The highest BCUT2D eigenvalue weighted by Gasteiger charge is 2.26. The highest BCUT2D eigenvalue weighted by Crippen LogP contribution is 2.24. The van der Waals surface area contributed by atoms with Crippen LogP contribution in [0.3, 0.4) is 0 Å². The molecule has 1 heterocycles. The van der Waals surface area contributed by atoms with Gasteiger partial charge in [-0.1, -0.05) is 59.6 Å². The number of carbonyl (C=O) groups excluding carboxylic acids is 1. The number of rotatable bonds is 6. The molecule has 1 saturated heterocycles. The predicted molar refractivity (Wildman–Crippen MR) is 109 cm³/mol. The standard InChI is InChI=1S/C21H24Cl2N2O2/c1-15-14-27-18(11-24-21(26)10-16-5-3-2-4-6-16)13-25(15)12-17-7-8-19(22)20(23)9-17/h2-9,15,18H,10-14H2,1H3,(H,24,26)/t15-,18-/m1/s1. The summed E-state index contributed by atoms with van der Waals surface area (Å²) >= 11 is 12.1. The summed E-state index contributed by atoms with van der Waals surface area (Å²) in [6, 6.07) is 15.8. The van der Waals surface area contributed by atoms with Crippen LogP contribution in [0.5, 0.6) is 0 Å². The zero-order valence-corrected chi connectivity index (χ0v) is 16.8. The van der Waals surface area contributed by atoms with E-state index < -0.39 is 0 Å². The lowest BCUT2D eigenvalue weighted by Crippen LogP contribution is -2.51. The Kier molecular flexibility index (Phi) is 7.13. The van der Waals surface area contributed by atoms with Gasteiger partial charge in [-0.25, -0.2) is 0 Å². The molecule has 144 valence electrons. The van der Waals surface area contributed by atoms with Crippen LogP contribution in [0.25, 0.3) is 0 Å². The lowest BCUT2D eigenvalue weighted by atomic mass is 10.1. The van der Waals surface area contributed by atoms with Crippen LogP contribution < -0.4 is 5.32 Å². The Morgan fingerprint density at radius 1 is 1.15 bits per heavy atom. The summed E-state index contributed by atoms with van der Waals surface area (Å²) in [5.41, 5.74) is 2.12. The maximum Gasteiger partial charge on any atom is 0.224 e. The first-order valence-electron chi connectivity index (χ1n) is 9.11. The summed E-state index contributed by atoms with van der Waals surface area (Å²) < 4.78 is 5.90. The van der Waals surface area contributed by atoms with E-state index in [1.165, 1.54) is 0 Å². The van der Waals surface area contributed by atoms with E-state index in [0.717, 1.165) is 24.2 Å². The molecule has 6 heteroatoms. The Bertz CT molecular complexity index is 770. The Morgan fingerprint density at radius 2 is 1.93 bits per heavy atom. The fourth-order valence-electron chi connectivity index (χ4n) is 3.16. The molecule has 0 unspecified atom stereocenters. The molecule has 0 spiro atoms. The number of nitrogens with one attached hydrogen (secondary N) is 1. The number of ether oxygens (including phenoxy) is 1. The van der Waals surface area contributed by atoms with E-state index in [1.807, 2.05) is 48.5 Å². The van der Waals surface area contributed by atoms with Crippen LogP contribution in [0, 0.1) is 0 Å². The van der Waals surface area contributed by atoms with Crippen LogP contribution in [-0.2, 0) is 22.5 Å². The van der Waals surface area contributed by atoms with Crippen LogP contribution >= 0.6 is 23.2 Å². The molecule has 0 radical (unpaired) electrons. The average molecular weight is 407 g/mol. The molecule has 1 aliphatic heterocycles. The van der Waals surface area contributed by atoms with Gasteiger partial charge in [-0.05, 0) is 30.2 Å². The number of carbonyl (C=O) groups is 1. The van der Waals surface area contributed by atoms with E-state index in [2.05, 4.69) is 17.1 Å². The van der Waals surface area contributed by atoms with E-state index in [-0.39, 0.29) is 12.0 Å². The molecule has 27 heavy (non-hydrogen) atoms. The van der Waals surface area contributed by atoms with Gasteiger partial charge in [-0.15, -0.1) is 0 Å². The maximum atomic E-state index is 12.2. The van der Waals surface area contributed by atoms with Crippen molar-refractivity contribution in [2.24, 2.45) is 0 Å². The summed E-state index contributed by atoms with van der Waals surface area (Å²) in [4.78, 5) is 14.5. The molecule has 4 nitrogen and oxygen atoms in total. The lowest BCUT2D eigenvalue weighted by molar-refractivity contribution is -0.122. The Labute approximate surface area is 170 Å². The van der Waals surface area contributed by atoms with Crippen molar-refractivity contribution >= 4 is 29.1 Å². The topological polar surface area (TPSA) is 41.6 Å². The number of benzene rings is 2. The van der Waals surface area contributed by atoms with Crippen molar-refractivity contribution in [1.82, 2.24) is 10.2 Å². The molecule has 0 saturated carbocycles. The minimum absolute atomic E-state index is 0.0134. The van der Waals surface area contributed by atoms with Gasteiger partial charge in [0.15, 0.2) is 0 Å². The van der Waals surface area contributed by atoms with Crippen LogP contribution in [-0.4, -0.2) is 42.6 Å². The molecule has 2 aromatic carbocycles. The maximum absolute atomic E-state index is 12.2. The van der Waals surface area contributed by atoms with Crippen molar-refractivity contribution in [1.29, 1.82) is 0 Å². The van der Waals surface area contributed by atoms with Gasteiger partial charge >= 0.3 is 0 Å². The lowest BCUT2D eigenvalue weighted by Gasteiger charge is -2.38. The SMILES string of the molecule is C[C@@H]1CO[C@H](CNC(=O)Cc2ccccc2)CN1Cc1ccc(Cl)c(Cl)c1. The predicted octanol–water partition coefficient (Wildman–Crippen LogP) is 3.94. The molecule has 1 amide bonds. The fourth-order valence-corrected chi connectivity index (χ4v) is 3.48. The Morgan fingerprint density at radius 3 is 2.67 bits per heavy atom. The first kappa shape index (κ1) is 20.2. The van der Waals surface area contributed by atoms with Gasteiger partial charge in [0.1, 0.15) is 0 Å². The molecule has 2 atom stereocenters. The van der Waals surface area contributed by atoms with Crippen molar-refractivity contribution in [3.8, 4) is 0 Å². The van der Waals surface area contributed by atoms with Crippen molar-refractivity contribution in [2.45, 2.75) is 32.0 Å². The van der Waals surface area contributed by atoms with Gasteiger partial charge in [0.25, 0.3) is 0 Å².